The maximum atomic E-state index is 12.5. The van der Waals surface area contributed by atoms with Gasteiger partial charge in [-0.3, -0.25) is 9.59 Å². The zero-order valence-electron chi connectivity index (χ0n) is 16.3. The van der Waals surface area contributed by atoms with E-state index in [1.807, 2.05) is 30.3 Å². The zero-order valence-corrected chi connectivity index (χ0v) is 16.3. The van der Waals surface area contributed by atoms with Crippen LogP contribution in [0.25, 0.3) is 0 Å². The molecule has 0 saturated carbocycles. The van der Waals surface area contributed by atoms with Gasteiger partial charge >= 0.3 is 0 Å². The van der Waals surface area contributed by atoms with Crippen LogP contribution in [0.15, 0.2) is 54.6 Å². The van der Waals surface area contributed by atoms with Crippen LogP contribution in [0.1, 0.15) is 39.2 Å². The Balaban J connectivity index is 1.86. The number of carbonyl (C=O) groups is 2. The molecule has 2 aromatic carbocycles. The molecule has 0 heterocycles. The summed E-state index contributed by atoms with van der Waals surface area (Å²) in [6, 6.07) is 17.1. The van der Waals surface area contributed by atoms with E-state index in [-0.39, 0.29) is 24.3 Å². The van der Waals surface area contributed by atoms with Gasteiger partial charge in [-0.15, -0.1) is 0 Å². The fraction of sp³-hybridized carbons (Fsp3) is 0.364. The minimum atomic E-state index is -0.539. The average molecular weight is 368 g/mol. The van der Waals surface area contributed by atoms with Crippen molar-refractivity contribution < 1.29 is 14.3 Å². The number of amides is 2. The normalized spacial score (nSPS) is 11.1. The lowest BCUT2D eigenvalue weighted by molar-refractivity contribution is -0.122. The first kappa shape index (κ1) is 20.5. The number of benzene rings is 2. The Labute approximate surface area is 161 Å². The number of ether oxygens (including phenoxy) is 1. The van der Waals surface area contributed by atoms with E-state index in [1.165, 1.54) is 10.5 Å². The number of hydrogen-bond acceptors (Lipinski definition) is 3. The van der Waals surface area contributed by atoms with Crippen LogP contribution >= 0.6 is 0 Å². The number of primary amides is 1. The van der Waals surface area contributed by atoms with Crippen molar-refractivity contribution in [1.82, 2.24) is 0 Å². The fourth-order valence-electron chi connectivity index (χ4n) is 2.69. The van der Waals surface area contributed by atoms with Gasteiger partial charge in [0.25, 0.3) is 0 Å². The van der Waals surface area contributed by atoms with E-state index in [0.29, 0.717) is 18.7 Å². The van der Waals surface area contributed by atoms with Crippen molar-refractivity contribution in [2.75, 3.05) is 18.1 Å². The van der Waals surface area contributed by atoms with Gasteiger partial charge in [0.15, 0.2) is 0 Å². The monoisotopic (exact) mass is 368 g/mol. The standard InChI is InChI=1S/C22H28N2O3/c1-22(2,3)17-11-13-19(14-12-17)27-15-7-10-21(26)24(16-20(23)25)18-8-5-4-6-9-18/h4-6,8-9,11-14H,7,10,15-16H2,1-3H3,(H2,23,25). The molecule has 0 atom stereocenters. The van der Waals surface area contributed by atoms with Crippen LogP contribution in [0.3, 0.4) is 0 Å². The number of para-hydroxylation sites is 1. The third-order valence-corrected chi connectivity index (χ3v) is 4.21. The second-order valence-corrected chi connectivity index (χ2v) is 7.51. The maximum Gasteiger partial charge on any atom is 0.237 e. The number of rotatable bonds is 8. The van der Waals surface area contributed by atoms with Crippen LogP contribution in [0, 0.1) is 0 Å². The van der Waals surface area contributed by atoms with E-state index in [0.717, 1.165) is 5.75 Å². The second kappa shape index (κ2) is 9.21. The van der Waals surface area contributed by atoms with E-state index in [1.54, 1.807) is 12.1 Å². The van der Waals surface area contributed by atoms with Crippen LogP contribution in [-0.2, 0) is 15.0 Å². The van der Waals surface area contributed by atoms with Crippen LogP contribution in [0.5, 0.6) is 5.75 Å². The quantitative estimate of drug-likeness (QED) is 0.723. The van der Waals surface area contributed by atoms with Gasteiger partial charge in [-0.05, 0) is 41.7 Å². The van der Waals surface area contributed by atoms with Gasteiger partial charge in [0.05, 0.1) is 6.61 Å². The molecule has 0 aliphatic carbocycles. The number of nitrogens with two attached hydrogens (primary N) is 1. The molecule has 0 aliphatic rings. The minimum Gasteiger partial charge on any atom is -0.494 e. The highest BCUT2D eigenvalue weighted by molar-refractivity contribution is 5.98. The molecule has 0 aromatic heterocycles. The Hall–Kier alpha value is -2.82. The molecule has 27 heavy (non-hydrogen) atoms. The molecule has 0 bridgehead atoms. The van der Waals surface area contributed by atoms with Gasteiger partial charge in [0, 0.05) is 12.1 Å². The summed E-state index contributed by atoms with van der Waals surface area (Å²) in [7, 11) is 0. The molecule has 0 aliphatic heterocycles. The third kappa shape index (κ3) is 6.44. The summed E-state index contributed by atoms with van der Waals surface area (Å²) in [6.45, 7) is 6.80. The molecular weight excluding hydrogens is 340 g/mol. The Morgan fingerprint density at radius 2 is 1.63 bits per heavy atom. The van der Waals surface area contributed by atoms with Gasteiger partial charge in [-0.1, -0.05) is 51.1 Å². The molecule has 0 saturated heterocycles. The molecule has 5 heteroatoms. The fourth-order valence-corrected chi connectivity index (χ4v) is 2.69. The number of hydrogen-bond donors (Lipinski definition) is 1. The lowest BCUT2D eigenvalue weighted by Gasteiger charge is -2.21. The highest BCUT2D eigenvalue weighted by atomic mass is 16.5. The molecule has 0 spiro atoms. The molecule has 5 nitrogen and oxygen atoms in total. The Morgan fingerprint density at radius 1 is 1.00 bits per heavy atom. The van der Waals surface area contributed by atoms with Gasteiger partial charge in [0.1, 0.15) is 12.3 Å². The van der Waals surface area contributed by atoms with Crippen molar-refractivity contribution in [2.24, 2.45) is 5.73 Å². The molecule has 0 fully saturated rings. The van der Waals surface area contributed by atoms with Crippen LogP contribution in [-0.4, -0.2) is 25.0 Å². The van der Waals surface area contributed by atoms with Crippen molar-refractivity contribution in [3.05, 3.63) is 60.2 Å². The van der Waals surface area contributed by atoms with Gasteiger partial charge in [-0.2, -0.15) is 0 Å². The van der Waals surface area contributed by atoms with Gasteiger partial charge < -0.3 is 15.4 Å². The van der Waals surface area contributed by atoms with Crippen molar-refractivity contribution in [3.8, 4) is 5.75 Å². The predicted molar refractivity (Wildman–Crippen MR) is 108 cm³/mol. The minimum absolute atomic E-state index is 0.103. The molecule has 2 amide bonds. The number of nitrogens with zero attached hydrogens (tertiary/aromatic N) is 1. The molecule has 2 aromatic rings. The van der Waals surface area contributed by atoms with Gasteiger partial charge in [0.2, 0.25) is 11.8 Å². The van der Waals surface area contributed by atoms with E-state index in [9.17, 15) is 9.59 Å². The van der Waals surface area contributed by atoms with E-state index in [2.05, 4.69) is 32.9 Å². The summed E-state index contributed by atoms with van der Waals surface area (Å²) in [5.41, 5.74) is 7.30. The van der Waals surface area contributed by atoms with Crippen LogP contribution in [0.4, 0.5) is 5.69 Å². The van der Waals surface area contributed by atoms with E-state index in [4.69, 9.17) is 10.5 Å². The predicted octanol–water partition coefficient (Wildman–Crippen LogP) is 3.66. The smallest absolute Gasteiger partial charge is 0.237 e. The molecule has 144 valence electrons. The van der Waals surface area contributed by atoms with Crippen molar-refractivity contribution >= 4 is 17.5 Å². The Morgan fingerprint density at radius 3 is 2.19 bits per heavy atom. The molecule has 2 N–H and O–H groups in total. The van der Waals surface area contributed by atoms with E-state index >= 15 is 0 Å². The summed E-state index contributed by atoms with van der Waals surface area (Å²) in [4.78, 5) is 25.2. The Kier molecular flexibility index (Phi) is 6.99. The van der Waals surface area contributed by atoms with Crippen LogP contribution < -0.4 is 15.4 Å². The molecular formula is C22H28N2O3. The third-order valence-electron chi connectivity index (χ3n) is 4.21. The maximum absolute atomic E-state index is 12.5. The lowest BCUT2D eigenvalue weighted by Crippen LogP contribution is -2.38. The largest absolute Gasteiger partial charge is 0.494 e. The van der Waals surface area contributed by atoms with Crippen molar-refractivity contribution in [2.45, 2.75) is 39.0 Å². The topological polar surface area (TPSA) is 72.6 Å². The molecule has 2 rings (SSSR count). The first-order valence-electron chi connectivity index (χ1n) is 9.14. The van der Waals surface area contributed by atoms with Crippen molar-refractivity contribution in [3.63, 3.8) is 0 Å². The van der Waals surface area contributed by atoms with E-state index < -0.39 is 5.91 Å². The first-order chi connectivity index (χ1) is 12.8. The average Bonchev–Trinajstić information content (AvgIpc) is 2.63. The molecule has 0 radical (unpaired) electrons. The zero-order chi connectivity index (χ0) is 19.9. The summed E-state index contributed by atoms with van der Waals surface area (Å²) in [6.07, 6.45) is 0.838. The Bertz CT molecular complexity index is 749. The van der Waals surface area contributed by atoms with Gasteiger partial charge in [-0.25, -0.2) is 0 Å². The number of anilines is 1. The van der Waals surface area contributed by atoms with Crippen molar-refractivity contribution in [1.29, 1.82) is 0 Å². The summed E-state index contributed by atoms with van der Waals surface area (Å²) < 4.78 is 5.73. The number of carbonyl (C=O) groups excluding carboxylic acids is 2. The first-order valence-corrected chi connectivity index (χ1v) is 9.14. The molecule has 0 unspecified atom stereocenters. The SMILES string of the molecule is CC(C)(C)c1ccc(OCCCC(=O)N(CC(N)=O)c2ccccc2)cc1. The highest BCUT2D eigenvalue weighted by Crippen LogP contribution is 2.24. The summed E-state index contributed by atoms with van der Waals surface area (Å²) in [5.74, 6) is 0.0987. The second-order valence-electron chi connectivity index (χ2n) is 7.51. The lowest BCUT2D eigenvalue weighted by atomic mass is 9.87. The van der Waals surface area contributed by atoms with Crippen LogP contribution in [0.2, 0.25) is 0 Å². The summed E-state index contributed by atoms with van der Waals surface area (Å²) >= 11 is 0. The highest BCUT2D eigenvalue weighted by Gasteiger charge is 2.17. The summed E-state index contributed by atoms with van der Waals surface area (Å²) in [5, 5.41) is 0.